The lowest BCUT2D eigenvalue weighted by Crippen LogP contribution is -2.05. The zero-order chi connectivity index (χ0) is 18.4. The highest BCUT2D eigenvalue weighted by atomic mass is 16.5. The highest BCUT2D eigenvalue weighted by Crippen LogP contribution is 2.40. The molecule has 3 rings (SSSR count). The molecule has 0 amide bonds. The molecule has 26 heavy (non-hydrogen) atoms. The number of fused-ring (bicyclic) bond motifs is 1. The second-order valence-corrected chi connectivity index (χ2v) is 5.50. The van der Waals surface area contributed by atoms with Crippen molar-refractivity contribution in [3.63, 3.8) is 0 Å². The van der Waals surface area contributed by atoms with Crippen LogP contribution in [0.5, 0.6) is 17.2 Å². The maximum absolute atomic E-state index is 8.99. The first-order chi connectivity index (χ1) is 12.7. The summed E-state index contributed by atoms with van der Waals surface area (Å²) in [5.41, 5.74) is 2.25. The van der Waals surface area contributed by atoms with Gasteiger partial charge in [0.15, 0.2) is 11.5 Å². The number of anilines is 2. The van der Waals surface area contributed by atoms with Crippen molar-refractivity contribution < 1.29 is 19.3 Å². The van der Waals surface area contributed by atoms with E-state index in [-0.39, 0.29) is 6.61 Å². The SMILES string of the molecule is COc1cc(Nc2cnc3ccccc3n2)c(OCCCO)c(OC)c1. The molecule has 1 heterocycles. The minimum absolute atomic E-state index is 0.0530. The van der Waals surface area contributed by atoms with Crippen LogP contribution in [-0.2, 0) is 0 Å². The number of nitrogens with zero attached hydrogens (tertiary/aromatic N) is 2. The summed E-state index contributed by atoms with van der Waals surface area (Å²) in [7, 11) is 3.15. The Morgan fingerprint density at radius 2 is 1.88 bits per heavy atom. The Morgan fingerprint density at radius 1 is 1.08 bits per heavy atom. The third kappa shape index (κ3) is 3.94. The largest absolute Gasteiger partial charge is 0.497 e. The van der Waals surface area contributed by atoms with Crippen molar-refractivity contribution in [1.29, 1.82) is 0 Å². The summed E-state index contributed by atoms with van der Waals surface area (Å²) in [6, 6.07) is 11.2. The molecular weight excluding hydrogens is 334 g/mol. The Hall–Kier alpha value is -3.06. The molecule has 0 aliphatic heterocycles. The third-order valence-corrected chi connectivity index (χ3v) is 3.74. The molecule has 7 heteroatoms. The first-order valence-electron chi connectivity index (χ1n) is 8.23. The fourth-order valence-corrected chi connectivity index (χ4v) is 2.48. The van der Waals surface area contributed by atoms with Gasteiger partial charge < -0.3 is 24.6 Å². The standard InChI is InChI=1S/C19H21N3O4/c1-24-13-10-16(19(17(11-13)25-2)26-9-5-8-23)22-18-12-20-14-6-3-4-7-15(14)21-18/h3-4,6-7,10-12,23H,5,8-9H2,1-2H3,(H,21,22). The van der Waals surface area contributed by atoms with Crippen LogP contribution in [0.2, 0.25) is 0 Å². The predicted octanol–water partition coefficient (Wildman–Crippen LogP) is 3.15. The summed E-state index contributed by atoms with van der Waals surface area (Å²) in [5.74, 6) is 2.24. The molecule has 0 radical (unpaired) electrons. The molecule has 0 aliphatic rings. The maximum atomic E-state index is 8.99. The molecule has 2 N–H and O–H groups in total. The van der Waals surface area contributed by atoms with Crippen LogP contribution in [0.1, 0.15) is 6.42 Å². The summed E-state index contributed by atoms with van der Waals surface area (Å²) in [4.78, 5) is 8.97. The Balaban J connectivity index is 1.97. The fourth-order valence-electron chi connectivity index (χ4n) is 2.48. The summed E-state index contributed by atoms with van der Waals surface area (Å²) >= 11 is 0. The summed E-state index contributed by atoms with van der Waals surface area (Å²) in [6.07, 6.45) is 2.18. The summed E-state index contributed by atoms with van der Waals surface area (Å²) < 4.78 is 16.6. The van der Waals surface area contributed by atoms with Crippen molar-refractivity contribution in [2.75, 3.05) is 32.8 Å². The van der Waals surface area contributed by atoms with Gasteiger partial charge in [-0.2, -0.15) is 0 Å². The molecule has 7 nitrogen and oxygen atoms in total. The number of aliphatic hydroxyl groups excluding tert-OH is 1. The van der Waals surface area contributed by atoms with E-state index < -0.39 is 0 Å². The number of aromatic nitrogens is 2. The van der Waals surface area contributed by atoms with Crippen LogP contribution in [-0.4, -0.2) is 42.5 Å². The number of aliphatic hydroxyl groups is 1. The van der Waals surface area contributed by atoms with Crippen molar-refractivity contribution in [3.8, 4) is 17.2 Å². The minimum atomic E-state index is 0.0530. The van der Waals surface area contributed by atoms with Crippen LogP contribution in [0.15, 0.2) is 42.6 Å². The lowest BCUT2D eigenvalue weighted by molar-refractivity contribution is 0.228. The van der Waals surface area contributed by atoms with E-state index in [1.807, 2.05) is 24.3 Å². The van der Waals surface area contributed by atoms with E-state index in [9.17, 15) is 0 Å². The monoisotopic (exact) mass is 355 g/mol. The highest BCUT2D eigenvalue weighted by Gasteiger charge is 2.15. The highest BCUT2D eigenvalue weighted by molar-refractivity contribution is 5.77. The molecule has 0 spiro atoms. The van der Waals surface area contributed by atoms with Crippen LogP contribution in [0.25, 0.3) is 11.0 Å². The molecule has 0 aliphatic carbocycles. The Labute approximate surface area is 151 Å². The van der Waals surface area contributed by atoms with Crippen LogP contribution < -0.4 is 19.5 Å². The van der Waals surface area contributed by atoms with Gasteiger partial charge in [0.25, 0.3) is 0 Å². The number of methoxy groups -OCH3 is 2. The Morgan fingerprint density at radius 3 is 2.62 bits per heavy atom. The first kappa shape index (κ1) is 17.8. The van der Waals surface area contributed by atoms with E-state index in [1.165, 1.54) is 0 Å². The minimum Gasteiger partial charge on any atom is -0.497 e. The Kier molecular flexibility index (Phi) is 5.70. The zero-order valence-electron chi connectivity index (χ0n) is 14.7. The Bertz CT molecular complexity index is 886. The van der Waals surface area contributed by atoms with Gasteiger partial charge in [-0.15, -0.1) is 0 Å². The molecule has 0 saturated heterocycles. The van der Waals surface area contributed by atoms with Gasteiger partial charge >= 0.3 is 0 Å². The van der Waals surface area contributed by atoms with E-state index in [1.54, 1.807) is 32.5 Å². The lowest BCUT2D eigenvalue weighted by Gasteiger charge is -2.17. The molecule has 3 aromatic rings. The molecule has 136 valence electrons. The topological polar surface area (TPSA) is 85.7 Å². The van der Waals surface area contributed by atoms with Gasteiger partial charge in [0.05, 0.1) is 43.7 Å². The molecule has 1 aromatic heterocycles. The van der Waals surface area contributed by atoms with Gasteiger partial charge in [-0.3, -0.25) is 4.98 Å². The van der Waals surface area contributed by atoms with Gasteiger partial charge in [-0.25, -0.2) is 4.98 Å². The van der Waals surface area contributed by atoms with Gasteiger partial charge in [0.1, 0.15) is 11.6 Å². The van der Waals surface area contributed by atoms with Crippen molar-refractivity contribution in [2.45, 2.75) is 6.42 Å². The summed E-state index contributed by atoms with van der Waals surface area (Å²) in [5, 5.41) is 12.2. The van der Waals surface area contributed by atoms with Crippen LogP contribution in [0.4, 0.5) is 11.5 Å². The molecule has 0 bridgehead atoms. The molecule has 0 atom stereocenters. The number of hydrogen-bond acceptors (Lipinski definition) is 7. The first-order valence-corrected chi connectivity index (χ1v) is 8.23. The number of para-hydroxylation sites is 2. The zero-order valence-corrected chi connectivity index (χ0v) is 14.7. The van der Waals surface area contributed by atoms with Gasteiger partial charge in [0.2, 0.25) is 0 Å². The van der Waals surface area contributed by atoms with E-state index in [0.717, 1.165) is 11.0 Å². The molecule has 2 aromatic carbocycles. The number of nitrogens with one attached hydrogen (secondary N) is 1. The van der Waals surface area contributed by atoms with E-state index in [2.05, 4.69) is 15.3 Å². The summed E-state index contributed by atoms with van der Waals surface area (Å²) in [6.45, 7) is 0.411. The second-order valence-electron chi connectivity index (χ2n) is 5.50. The average molecular weight is 355 g/mol. The van der Waals surface area contributed by atoms with Gasteiger partial charge in [-0.1, -0.05) is 12.1 Å². The van der Waals surface area contributed by atoms with Crippen molar-refractivity contribution >= 4 is 22.5 Å². The van der Waals surface area contributed by atoms with Crippen molar-refractivity contribution in [3.05, 3.63) is 42.6 Å². The molecule has 0 unspecified atom stereocenters. The quantitative estimate of drug-likeness (QED) is 0.600. The smallest absolute Gasteiger partial charge is 0.184 e. The van der Waals surface area contributed by atoms with Crippen LogP contribution >= 0.6 is 0 Å². The molecule has 0 saturated carbocycles. The third-order valence-electron chi connectivity index (χ3n) is 3.74. The average Bonchev–Trinajstić information content (AvgIpc) is 2.68. The molecular formula is C19H21N3O4. The number of rotatable bonds is 8. The van der Waals surface area contributed by atoms with Gasteiger partial charge in [-0.05, 0) is 12.1 Å². The normalized spacial score (nSPS) is 10.6. The van der Waals surface area contributed by atoms with Gasteiger partial charge in [0, 0.05) is 25.2 Å². The van der Waals surface area contributed by atoms with Crippen LogP contribution in [0, 0.1) is 0 Å². The predicted molar refractivity (Wildman–Crippen MR) is 99.6 cm³/mol. The van der Waals surface area contributed by atoms with E-state index in [0.29, 0.717) is 41.8 Å². The lowest BCUT2D eigenvalue weighted by atomic mass is 10.2. The van der Waals surface area contributed by atoms with Crippen LogP contribution in [0.3, 0.4) is 0 Å². The number of ether oxygens (including phenoxy) is 3. The maximum Gasteiger partial charge on any atom is 0.184 e. The second kappa shape index (κ2) is 8.35. The number of benzene rings is 2. The molecule has 0 fully saturated rings. The van der Waals surface area contributed by atoms with Crippen molar-refractivity contribution in [2.24, 2.45) is 0 Å². The number of hydrogen-bond donors (Lipinski definition) is 2. The fraction of sp³-hybridized carbons (Fsp3) is 0.263. The van der Waals surface area contributed by atoms with E-state index >= 15 is 0 Å². The van der Waals surface area contributed by atoms with E-state index in [4.69, 9.17) is 19.3 Å². The van der Waals surface area contributed by atoms with Crippen molar-refractivity contribution in [1.82, 2.24) is 9.97 Å².